The van der Waals surface area contributed by atoms with E-state index in [2.05, 4.69) is 40.1 Å². The molecule has 1 nitrogen and oxygen atoms in total. The first-order valence-electron chi connectivity index (χ1n) is 4.79. The molecule has 11 heavy (non-hydrogen) atoms. The van der Waals surface area contributed by atoms with Crippen molar-refractivity contribution < 1.29 is 0 Å². The van der Waals surface area contributed by atoms with Gasteiger partial charge in [0.25, 0.3) is 0 Å². The van der Waals surface area contributed by atoms with E-state index in [4.69, 9.17) is 0 Å². The highest BCUT2D eigenvalue weighted by atomic mass is 14.9. The zero-order chi connectivity index (χ0) is 8.85. The molecule has 0 aliphatic carbocycles. The maximum atomic E-state index is 3.38. The van der Waals surface area contributed by atoms with Crippen molar-refractivity contribution in [3.05, 3.63) is 0 Å². The van der Waals surface area contributed by atoms with E-state index < -0.39 is 0 Å². The van der Waals surface area contributed by atoms with Crippen LogP contribution in [0.15, 0.2) is 0 Å². The van der Waals surface area contributed by atoms with Crippen LogP contribution < -0.4 is 5.32 Å². The van der Waals surface area contributed by atoms with Crippen molar-refractivity contribution >= 4 is 0 Å². The third-order valence-corrected chi connectivity index (χ3v) is 2.43. The van der Waals surface area contributed by atoms with E-state index in [0.717, 1.165) is 11.8 Å². The summed E-state index contributed by atoms with van der Waals surface area (Å²) in [5.74, 6) is 1.61. The van der Waals surface area contributed by atoms with E-state index in [1.165, 1.54) is 12.8 Å². The molecule has 1 heteroatoms. The van der Waals surface area contributed by atoms with Gasteiger partial charge in [-0.25, -0.2) is 0 Å². The summed E-state index contributed by atoms with van der Waals surface area (Å²) in [6.45, 7) is 9.15. The van der Waals surface area contributed by atoms with Crippen LogP contribution in [0.2, 0.25) is 0 Å². The minimum atomic E-state index is 0.708. The van der Waals surface area contributed by atoms with Gasteiger partial charge in [0, 0.05) is 6.04 Å². The first-order valence-corrected chi connectivity index (χ1v) is 4.79. The summed E-state index contributed by atoms with van der Waals surface area (Å²) in [6.07, 6.45) is 2.57. The SMILES string of the molecule is CCC(C)C(CC(C)C)NC. The van der Waals surface area contributed by atoms with Crippen LogP contribution in [0, 0.1) is 11.8 Å². The number of hydrogen-bond donors (Lipinski definition) is 1. The Kier molecular flexibility index (Phi) is 5.57. The molecule has 0 amide bonds. The van der Waals surface area contributed by atoms with Crippen molar-refractivity contribution in [1.29, 1.82) is 0 Å². The number of rotatable bonds is 5. The van der Waals surface area contributed by atoms with Crippen LogP contribution in [0.5, 0.6) is 0 Å². The fourth-order valence-electron chi connectivity index (χ4n) is 1.43. The average molecular weight is 157 g/mol. The topological polar surface area (TPSA) is 12.0 Å². The molecule has 1 N–H and O–H groups in total. The van der Waals surface area contributed by atoms with Gasteiger partial charge in [-0.2, -0.15) is 0 Å². The summed E-state index contributed by atoms with van der Waals surface area (Å²) < 4.78 is 0. The Morgan fingerprint density at radius 3 is 2.00 bits per heavy atom. The average Bonchev–Trinajstić information content (AvgIpc) is 1.98. The largest absolute Gasteiger partial charge is 0.317 e. The van der Waals surface area contributed by atoms with Gasteiger partial charge >= 0.3 is 0 Å². The standard InChI is InChI=1S/C10H23N/c1-6-9(4)10(11-5)7-8(2)3/h8-11H,6-7H2,1-5H3. The molecule has 0 saturated carbocycles. The quantitative estimate of drug-likeness (QED) is 0.647. The van der Waals surface area contributed by atoms with Crippen molar-refractivity contribution in [3.8, 4) is 0 Å². The minimum Gasteiger partial charge on any atom is -0.317 e. The van der Waals surface area contributed by atoms with Gasteiger partial charge < -0.3 is 5.32 Å². The zero-order valence-corrected chi connectivity index (χ0v) is 8.65. The minimum absolute atomic E-state index is 0.708. The molecule has 2 atom stereocenters. The predicted molar refractivity (Wildman–Crippen MR) is 51.8 cm³/mol. The molecule has 0 saturated heterocycles. The van der Waals surface area contributed by atoms with Gasteiger partial charge in [0.05, 0.1) is 0 Å². The van der Waals surface area contributed by atoms with Gasteiger partial charge in [0.15, 0.2) is 0 Å². The Morgan fingerprint density at radius 1 is 1.18 bits per heavy atom. The Bertz CT molecular complexity index is 88.9. The maximum Gasteiger partial charge on any atom is 0.00920 e. The van der Waals surface area contributed by atoms with E-state index in [1.54, 1.807) is 0 Å². The summed E-state index contributed by atoms with van der Waals surface area (Å²) in [4.78, 5) is 0. The molecule has 0 bridgehead atoms. The lowest BCUT2D eigenvalue weighted by molar-refractivity contribution is 0.332. The molecule has 0 radical (unpaired) electrons. The molecule has 0 aliphatic heterocycles. The second-order valence-corrected chi connectivity index (χ2v) is 3.91. The molecular weight excluding hydrogens is 134 g/mol. The molecule has 0 aromatic carbocycles. The van der Waals surface area contributed by atoms with E-state index >= 15 is 0 Å². The van der Waals surface area contributed by atoms with E-state index in [9.17, 15) is 0 Å². The van der Waals surface area contributed by atoms with Gasteiger partial charge in [-0.3, -0.25) is 0 Å². The van der Waals surface area contributed by atoms with Crippen LogP contribution in [-0.4, -0.2) is 13.1 Å². The van der Waals surface area contributed by atoms with E-state index in [1.807, 2.05) is 0 Å². The molecule has 0 aromatic rings. The molecule has 0 fully saturated rings. The highest BCUT2D eigenvalue weighted by Crippen LogP contribution is 2.14. The smallest absolute Gasteiger partial charge is 0.00920 e. The second kappa shape index (κ2) is 5.59. The van der Waals surface area contributed by atoms with E-state index in [-0.39, 0.29) is 0 Å². The fraction of sp³-hybridized carbons (Fsp3) is 1.00. The normalized spacial score (nSPS) is 16.9. The molecule has 0 aliphatic rings. The van der Waals surface area contributed by atoms with Crippen LogP contribution in [0.1, 0.15) is 40.5 Å². The fourth-order valence-corrected chi connectivity index (χ4v) is 1.43. The van der Waals surface area contributed by atoms with Crippen LogP contribution in [0.25, 0.3) is 0 Å². The van der Waals surface area contributed by atoms with Gasteiger partial charge in [-0.1, -0.05) is 34.1 Å². The van der Waals surface area contributed by atoms with Gasteiger partial charge in [-0.15, -0.1) is 0 Å². The number of nitrogens with one attached hydrogen (secondary N) is 1. The summed E-state index contributed by atoms with van der Waals surface area (Å²) >= 11 is 0. The molecule has 0 heterocycles. The third kappa shape index (κ3) is 4.41. The van der Waals surface area contributed by atoms with Crippen molar-refractivity contribution in [2.75, 3.05) is 7.05 Å². The highest BCUT2D eigenvalue weighted by molar-refractivity contribution is 4.71. The van der Waals surface area contributed by atoms with Crippen molar-refractivity contribution in [2.45, 2.75) is 46.6 Å². The molecule has 2 unspecified atom stereocenters. The summed E-state index contributed by atoms with van der Waals surface area (Å²) in [5, 5.41) is 3.38. The lowest BCUT2D eigenvalue weighted by atomic mass is 9.92. The van der Waals surface area contributed by atoms with Crippen LogP contribution in [-0.2, 0) is 0 Å². The van der Waals surface area contributed by atoms with Crippen molar-refractivity contribution in [2.24, 2.45) is 11.8 Å². The Labute approximate surface area is 71.6 Å². The van der Waals surface area contributed by atoms with Crippen LogP contribution in [0.4, 0.5) is 0 Å². The van der Waals surface area contributed by atoms with Crippen molar-refractivity contribution in [1.82, 2.24) is 5.32 Å². The molecule has 0 rings (SSSR count). The van der Waals surface area contributed by atoms with Crippen LogP contribution >= 0.6 is 0 Å². The molecule has 0 spiro atoms. The summed E-state index contributed by atoms with van der Waals surface area (Å²) in [5.41, 5.74) is 0. The second-order valence-electron chi connectivity index (χ2n) is 3.91. The van der Waals surface area contributed by atoms with Gasteiger partial charge in [0.2, 0.25) is 0 Å². The maximum absolute atomic E-state index is 3.38. The molecular formula is C10H23N. The Balaban J connectivity index is 3.74. The molecule has 0 aromatic heterocycles. The third-order valence-electron chi connectivity index (χ3n) is 2.43. The van der Waals surface area contributed by atoms with E-state index in [0.29, 0.717) is 6.04 Å². The van der Waals surface area contributed by atoms with Gasteiger partial charge in [0.1, 0.15) is 0 Å². The highest BCUT2D eigenvalue weighted by Gasteiger charge is 2.14. The summed E-state index contributed by atoms with van der Waals surface area (Å²) in [7, 11) is 2.07. The lowest BCUT2D eigenvalue weighted by Crippen LogP contribution is -2.33. The monoisotopic (exact) mass is 157 g/mol. The predicted octanol–water partition coefficient (Wildman–Crippen LogP) is 2.67. The molecule has 68 valence electrons. The summed E-state index contributed by atoms with van der Waals surface area (Å²) in [6, 6.07) is 0.708. The lowest BCUT2D eigenvalue weighted by Gasteiger charge is -2.23. The Morgan fingerprint density at radius 2 is 1.73 bits per heavy atom. The van der Waals surface area contributed by atoms with Crippen molar-refractivity contribution in [3.63, 3.8) is 0 Å². The Hall–Kier alpha value is -0.0400. The zero-order valence-electron chi connectivity index (χ0n) is 8.65. The first-order chi connectivity index (χ1) is 5.11. The van der Waals surface area contributed by atoms with Gasteiger partial charge in [-0.05, 0) is 25.3 Å². The van der Waals surface area contributed by atoms with Crippen LogP contribution in [0.3, 0.4) is 0 Å². The number of hydrogen-bond acceptors (Lipinski definition) is 1. The first kappa shape index (κ1) is 11.0.